The second-order valence-corrected chi connectivity index (χ2v) is 5.04. The SMILES string of the molecule is CCC1C(=O)NCCN1C(c1ccncc1)C(C)N. The molecule has 0 spiro atoms. The van der Waals surface area contributed by atoms with Crippen LogP contribution in [0.5, 0.6) is 0 Å². The predicted octanol–water partition coefficient (Wildman–Crippen LogP) is 0.680. The summed E-state index contributed by atoms with van der Waals surface area (Å²) in [4.78, 5) is 18.3. The molecule has 3 unspecified atom stereocenters. The number of amides is 1. The van der Waals surface area contributed by atoms with E-state index in [1.54, 1.807) is 12.4 Å². The third-order valence-electron chi connectivity index (χ3n) is 3.66. The third-order valence-corrected chi connectivity index (χ3v) is 3.66. The highest BCUT2D eigenvalue weighted by atomic mass is 16.2. The van der Waals surface area contributed by atoms with Gasteiger partial charge in [0.05, 0.1) is 12.1 Å². The van der Waals surface area contributed by atoms with Gasteiger partial charge in [-0.15, -0.1) is 0 Å². The van der Waals surface area contributed by atoms with Crippen molar-refractivity contribution in [1.82, 2.24) is 15.2 Å². The van der Waals surface area contributed by atoms with Gasteiger partial charge in [-0.05, 0) is 31.0 Å². The third kappa shape index (κ3) is 2.93. The van der Waals surface area contributed by atoms with Crippen LogP contribution in [0.25, 0.3) is 0 Å². The van der Waals surface area contributed by atoms with Crippen LogP contribution in [0, 0.1) is 0 Å². The summed E-state index contributed by atoms with van der Waals surface area (Å²) in [6.07, 6.45) is 4.34. The lowest BCUT2D eigenvalue weighted by molar-refractivity contribution is -0.130. The maximum absolute atomic E-state index is 12.0. The monoisotopic (exact) mass is 262 g/mol. The van der Waals surface area contributed by atoms with Gasteiger partial charge in [-0.2, -0.15) is 0 Å². The number of hydrogen-bond acceptors (Lipinski definition) is 4. The Morgan fingerprint density at radius 1 is 1.53 bits per heavy atom. The van der Waals surface area contributed by atoms with Crippen LogP contribution in [0.15, 0.2) is 24.5 Å². The number of aromatic nitrogens is 1. The van der Waals surface area contributed by atoms with E-state index in [-0.39, 0.29) is 24.0 Å². The van der Waals surface area contributed by atoms with Gasteiger partial charge in [-0.25, -0.2) is 0 Å². The first-order valence-electron chi connectivity index (χ1n) is 6.84. The Kier molecular flexibility index (Phi) is 4.50. The first-order valence-corrected chi connectivity index (χ1v) is 6.84. The van der Waals surface area contributed by atoms with E-state index < -0.39 is 0 Å². The molecule has 5 nitrogen and oxygen atoms in total. The molecule has 0 radical (unpaired) electrons. The molecule has 0 saturated carbocycles. The number of carbonyl (C=O) groups is 1. The fraction of sp³-hybridized carbons (Fsp3) is 0.571. The Morgan fingerprint density at radius 2 is 2.21 bits per heavy atom. The molecule has 1 aliphatic heterocycles. The lowest BCUT2D eigenvalue weighted by atomic mass is 9.96. The van der Waals surface area contributed by atoms with Crippen molar-refractivity contribution >= 4 is 5.91 Å². The molecule has 3 atom stereocenters. The lowest BCUT2D eigenvalue weighted by Crippen LogP contribution is -2.58. The largest absolute Gasteiger partial charge is 0.353 e. The Balaban J connectivity index is 2.30. The molecule has 3 N–H and O–H groups in total. The van der Waals surface area contributed by atoms with Crippen molar-refractivity contribution in [3.8, 4) is 0 Å². The number of carbonyl (C=O) groups excluding carboxylic acids is 1. The second kappa shape index (κ2) is 6.12. The summed E-state index contributed by atoms with van der Waals surface area (Å²) < 4.78 is 0. The predicted molar refractivity (Wildman–Crippen MR) is 74.4 cm³/mol. The highest BCUT2D eigenvalue weighted by Crippen LogP contribution is 2.27. The molecule has 1 fully saturated rings. The van der Waals surface area contributed by atoms with Crippen molar-refractivity contribution in [2.24, 2.45) is 5.73 Å². The van der Waals surface area contributed by atoms with Crippen molar-refractivity contribution < 1.29 is 4.79 Å². The van der Waals surface area contributed by atoms with Crippen LogP contribution in [-0.4, -0.2) is 41.0 Å². The fourth-order valence-corrected chi connectivity index (χ4v) is 2.84. The van der Waals surface area contributed by atoms with Gasteiger partial charge >= 0.3 is 0 Å². The quantitative estimate of drug-likeness (QED) is 0.837. The summed E-state index contributed by atoms with van der Waals surface area (Å²) in [5.74, 6) is 0.105. The van der Waals surface area contributed by atoms with E-state index in [9.17, 15) is 4.79 Å². The number of pyridine rings is 1. The van der Waals surface area contributed by atoms with Gasteiger partial charge in [0, 0.05) is 31.5 Å². The lowest BCUT2D eigenvalue weighted by Gasteiger charge is -2.42. The summed E-state index contributed by atoms with van der Waals surface area (Å²) >= 11 is 0. The molecular formula is C14H22N4O. The zero-order chi connectivity index (χ0) is 13.8. The molecule has 104 valence electrons. The first-order chi connectivity index (χ1) is 9.15. The minimum Gasteiger partial charge on any atom is -0.353 e. The Hall–Kier alpha value is -1.46. The van der Waals surface area contributed by atoms with Gasteiger partial charge in [-0.1, -0.05) is 6.92 Å². The van der Waals surface area contributed by atoms with E-state index in [0.717, 1.165) is 18.5 Å². The molecule has 2 rings (SSSR count). The Morgan fingerprint density at radius 3 is 2.79 bits per heavy atom. The van der Waals surface area contributed by atoms with E-state index >= 15 is 0 Å². The van der Waals surface area contributed by atoms with Gasteiger partial charge in [0.25, 0.3) is 0 Å². The molecule has 1 aliphatic rings. The molecule has 1 amide bonds. The van der Waals surface area contributed by atoms with Crippen LogP contribution >= 0.6 is 0 Å². The molecule has 1 aromatic heterocycles. The molecular weight excluding hydrogens is 240 g/mol. The topological polar surface area (TPSA) is 71.2 Å². The van der Waals surface area contributed by atoms with Crippen molar-refractivity contribution in [2.75, 3.05) is 13.1 Å². The summed E-state index contributed by atoms with van der Waals surface area (Å²) in [5.41, 5.74) is 7.29. The van der Waals surface area contributed by atoms with Gasteiger partial charge in [0.2, 0.25) is 5.91 Å². The molecule has 0 bridgehead atoms. The molecule has 19 heavy (non-hydrogen) atoms. The maximum Gasteiger partial charge on any atom is 0.237 e. The smallest absolute Gasteiger partial charge is 0.237 e. The number of hydrogen-bond donors (Lipinski definition) is 2. The zero-order valence-electron chi connectivity index (χ0n) is 11.5. The van der Waals surface area contributed by atoms with Crippen LogP contribution in [0.4, 0.5) is 0 Å². The maximum atomic E-state index is 12.0. The zero-order valence-corrected chi connectivity index (χ0v) is 11.5. The van der Waals surface area contributed by atoms with Gasteiger partial charge in [0.1, 0.15) is 0 Å². The van der Waals surface area contributed by atoms with E-state index in [1.807, 2.05) is 26.0 Å². The van der Waals surface area contributed by atoms with E-state index in [2.05, 4.69) is 15.2 Å². The molecule has 5 heteroatoms. The van der Waals surface area contributed by atoms with Gasteiger partial charge in [0.15, 0.2) is 0 Å². The summed E-state index contributed by atoms with van der Waals surface area (Å²) in [6.45, 7) is 5.54. The van der Waals surface area contributed by atoms with E-state index in [1.165, 1.54) is 0 Å². The van der Waals surface area contributed by atoms with Crippen LogP contribution < -0.4 is 11.1 Å². The van der Waals surface area contributed by atoms with Crippen LogP contribution in [-0.2, 0) is 4.79 Å². The molecule has 2 heterocycles. The highest BCUT2D eigenvalue weighted by molar-refractivity contribution is 5.82. The van der Waals surface area contributed by atoms with Crippen molar-refractivity contribution in [3.05, 3.63) is 30.1 Å². The minimum atomic E-state index is -0.0992. The molecule has 1 saturated heterocycles. The number of nitrogens with two attached hydrogens (primary N) is 1. The summed E-state index contributed by atoms with van der Waals surface area (Å²) in [7, 11) is 0. The average molecular weight is 262 g/mol. The fourth-order valence-electron chi connectivity index (χ4n) is 2.84. The van der Waals surface area contributed by atoms with Crippen LogP contribution in [0.3, 0.4) is 0 Å². The number of nitrogens with zero attached hydrogens (tertiary/aromatic N) is 2. The van der Waals surface area contributed by atoms with Crippen molar-refractivity contribution in [3.63, 3.8) is 0 Å². The Bertz CT molecular complexity index is 421. The molecule has 1 aromatic rings. The van der Waals surface area contributed by atoms with Crippen molar-refractivity contribution in [2.45, 2.75) is 38.4 Å². The standard InChI is InChI=1S/C14H22N4O/c1-3-12-14(19)17-8-9-18(12)13(10(2)15)11-4-6-16-7-5-11/h4-7,10,12-13H,3,8-9,15H2,1-2H3,(H,17,19). The van der Waals surface area contributed by atoms with Crippen molar-refractivity contribution in [1.29, 1.82) is 0 Å². The average Bonchev–Trinajstić information content (AvgIpc) is 2.40. The number of nitrogens with one attached hydrogen (secondary N) is 1. The minimum absolute atomic E-state index is 0.0395. The first kappa shape index (κ1) is 14.0. The molecule has 0 aromatic carbocycles. The highest BCUT2D eigenvalue weighted by Gasteiger charge is 2.35. The second-order valence-electron chi connectivity index (χ2n) is 5.04. The van der Waals surface area contributed by atoms with Crippen LogP contribution in [0.1, 0.15) is 31.9 Å². The number of rotatable bonds is 4. The van der Waals surface area contributed by atoms with E-state index in [0.29, 0.717) is 6.54 Å². The van der Waals surface area contributed by atoms with Gasteiger partial charge < -0.3 is 11.1 Å². The summed E-state index contributed by atoms with van der Waals surface area (Å²) in [5, 5.41) is 2.92. The molecule has 0 aliphatic carbocycles. The van der Waals surface area contributed by atoms with Crippen LogP contribution in [0.2, 0.25) is 0 Å². The number of piperazine rings is 1. The summed E-state index contributed by atoms with van der Waals surface area (Å²) in [6, 6.07) is 3.87. The normalized spacial score (nSPS) is 23.7. The Labute approximate surface area is 114 Å². The van der Waals surface area contributed by atoms with Gasteiger partial charge in [-0.3, -0.25) is 14.7 Å². The van der Waals surface area contributed by atoms with E-state index in [4.69, 9.17) is 5.73 Å².